The van der Waals surface area contributed by atoms with Crippen LogP contribution in [-0.4, -0.2) is 47.0 Å². The van der Waals surface area contributed by atoms with Gasteiger partial charge in [0, 0.05) is 68.2 Å². The Hall–Kier alpha value is -3.98. The number of halogens is 1. The molecule has 39 heavy (non-hydrogen) atoms. The van der Waals surface area contributed by atoms with Crippen molar-refractivity contribution in [3.63, 3.8) is 0 Å². The van der Waals surface area contributed by atoms with E-state index in [4.69, 9.17) is 9.97 Å². The van der Waals surface area contributed by atoms with Crippen molar-refractivity contribution in [2.75, 3.05) is 36.0 Å². The summed E-state index contributed by atoms with van der Waals surface area (Å²) in [7, 11) is 0. The van der Waals surface area contributed by atoms with Crippen LogP contribution in [0.3, 0.4) is 0 Å². The monoisotopic (exact) mass is 542 g/mol. The van der Waals surface area contributed by atoms with Gasteiger partial charge in [-0.3, -0.25) is 9.78 Å². The van der Waals surface area contributed by atoms with Gasteiger partial charge in [-0.2, -0.15) is 0 Å². The number of para-hydroxylation sites is 1. The van der Waals surface area contributed by atoms with Gasteiger partial charge in [0.2, 0.25) is 0 Å². The Bertz CT molecular complexity index is 1410. The Morgan fingerprint density at radius 1 is 0.923 bits per heavy atom. The Morgan fingerprint density at radius 3 is 2.46 bits per heavy atom. The number of carbonyl (C=O) groups excluding carboxylic acids is 1. The Morgan fingerprint density at radius 2 is 1.69 bits per heavy atom. The van der Waals surface area contributed by atoms with Crippen LogP contribution in [0.2, 0.25) is 0 Å². The molecule has 1 aliphatic heterocycles. The Labute approximate surface area is 232 Å². The molecule has 3 heterocycles. The molecule has 0 aliphatic carbocycles. The summed E-state index contributed by atoms with van der Waals surface area (Å²) in [5, 5.41) is 3.68. The van der Waals surface area contributed by atoms with Crippen molar-refractivity contribution in [2.24, 2.45) is 0 Å². The van der Waals surface area contributed by atoms with Gasteiger partial charge in [-0.15, -0.1) is 0 Å². The molecule has 9 heteroatoms. The lowest BCUT2D eigenvalue weighted by Crippen LogP contribution is -2.47. The van der Waals surface area contributed by atoms with Crippen molar-refractivity contribution in [3.8, 4) is 0 Å². The van der Waals surface area contributed by atoms with Gasteiger partial charge in [0.25, 0.3) is 5.91 Å². The highest BCUT2D eigenvalue weighted by molar-refractivity contribution is 7.98. The zero-order valence-electron chi connectivity index (χ0n) is 21.9. The largest absolute Gasteiger partial charge is 0.366 e. The van der Waals surface area contributed by atoms with Crippen molar-refractivity contribution >= 4 is 29.2 Å². The number of amides is 1. The molecule has 7 nitrogen and oxygen atoms in total. The zero-order chi connectivity index (χ0) is 27.0. The smallest absolute Gasteiger partial charge is 0.251 e. The van der Waals surface area contributed by atoms with Crippen molar-refractivity contribution < 1.29 is 9.18 Å². The van der Waals surface area contributed by atoms with E-state index in [-0.39, 0.29) is 11.7 Å². The lowest BCUT2D eigenvalue weighted by Gasteiger charge is -2.37. The number of pyridine rings is 1. The van der Waals surface area contributed by atoms with Crippen molar-refractivity contribution in [2.45, 2.75) is 30.8 Å². The average molecular weight is 543 g/mol. The molecule has 200 valence electrons. The number of thioether (sulfide) groups is 1. The lowest BCUT2D eigenvalue weighted by atomic mass is 10.1. The molecule has 5 rings (SSSR count). The number of rotatable bonds is 9. The Kier molecular flexibility index (Phi) is 8.68. The van der Waals surface area contributed by atoms with E-state index in [9.17, 15) is 9.18 Å². The molecule has 0 spiro atoms. The number of aromatic nitrogens is 3. The molecule has 1 N–H and O–H groups in total. The van der Waals surface area contributed by atoms with Crippen LogP contribution in [0.25, 0.3) is 0 Å². The van der Waals surface area contributed by atoms with Crippen LogP contribution in [0.4, 0.5) is 15.9 Å². The van der Waals surface area contributed by atoms with Crippen LogP contribution in [0.5, 0.6) is 0 Å². The lowest BCUT2D eigenvalue weighted by molar-refractivity contribution is 0.0951. The van der Waals surface area contributed by atoms with Crippen LogP contribution in [0.1, 0.15) is 34.1 Å². The van der Waals surface area contributed by atoms with E-state index in [0.717, 1.165) is 55.2 Å². The summed E-state index contributed by atoms with van der Waals surface area (Å²) >= 11 is 1.56. The minimum atomic E-state index is -0.185. The second-order valence-electron chi connectivity index (χ2n) is 9.31. The predicted octanol–water partition coefficient (Wildman–Crippen LogP) is 5.12. The van der Waals surface area contributed by atoms with Gasteiger partial charge in [0.1, 0.15) is 11.6 Å². The molecular formula is C30H31FN6OS. The molecule has 0 atom stereocenters. The van der Waals surface area contributed by atoms with E-state index in [1.807, 2.05) is 48.5 Å². The zero-order valence-corrected chi connectivity index (χ0v) is 22.7. The quantitative estimate of drug-likeness (QED) is 0.232. The van der Waals surface area contributed by atoms with Crippen molar-refractivity contribution in [1.82, 2.24) is 20.3 Å². The van der Waals surface area contributed by atoms with Gasteiger partial charge in [-0.1, -0.05) is 43.0 Å². The van der Waals surface area contributed by atoms with Gasteiger partial charge in [-0.25, -0.2) is 14.4 Å². The highest BCUT2D eigenvalue weighted by Crippen LogP contribution is 2.26. The normalized spacial score (nSPS) is 13.4. The molecule has 0 bridgehead atoms. The molecule has 1 fully saturated rings. The number of nitrogens with zero attached hydrogens (tertiary/aromatic N) is 5. The number of hydrogen-bond donors (Lipinski definition) is 1. The maximum Gasteiger partial charge on any atom is 0.251 e. The first-order valence-corrected chi connectivity index (χ1v) is 14.1. The summed E-state index contributed by atoms with van der Waals surface area (Å²) in [6, 6.07) is 20.4. The summed E-state index contributed by atoms with van der Waals surface area (Å²) in [5.74, 6) is 1.26. The highest BCUT2D eigenvalue weighted by Gasteiger charge is 2.21. The van der Waals surface area contributed by atoms with Crippen molar-refractivity contribution in [3.05, 3.63) is 107 Å². The minimum absolute atomic E-state index is 0.111. The maximum absolute atomic E-state index is 14.2. The molecule has 2 aromatic heterocycles. The number of piperazine rings is 1. The molecule has 0 unspecified atom stereocenters. The van der Waals surface area contributed by atoms with E-state index in [0.29, 0.717) is 28.7 Å². The summed E-state index contributed by atoms with van der Waals surface area (Å²) in [5.41, 5.74) is 4.30. The van der Waals surface area contributed by atoms with Gasteiger partial charge in [0.15, 0.2) is 5.16 Å². The van der Waals surface area contributed by atoms with Crippen LogP contribution >= 0.6 is 11.8 Å². The summed E-state index contributed by atoms with van der Waals surface area (Å²) in [6.07, 6.45) is 4.24. The molecule has 2 aromatic carbocycles. The third kappa shape index (κ3) is 6.92. The molecule has 1 amide bonds. The maximum atomic E-state index is 14.2. The SMILES string of the molecule is CCc1cc(N2CCN(c3ccccc3F)CC2)nc(SCc2cccc(C(=O)NCc3ccncc3)c2)n1. The fourth-order valence-electron chi connectivity index (χ4n) is 4.49. The molecular weight excluding hydrogens is 511 g/mol. The highest BCUT2D eigenvalue weighted by atomic mass is 32.2. The number of aryl methyl sites for hydroxylation is 1. The fourth-order valence-corrected chi connectivity index (χ4v) is 5.30. The second kappa shape index (κ2) is 12.7. The Balaban J connectivity index is 1.21. The fraction of sp³-hybridized carbons (Fsp3) is 0.267. The molecule has 0 saturated carbocycles. The van der Waals surface area contributed by atoms with Crippen LogP contribution < -0.4 is 15.1 Å². The first-order valence-electron chi connectivity index (χ1n) is 13.1. The molecule has 1 saturated heterocycles. The number of benzene rings is 2. The van der Waals surface area contributed by atoms with Crippen LogP contribution in [0, 0.1) is 5.82 Å². The van der Waals surface area contributed by atoms with E-state index in [1.165, 1.54) is 6.07 Å². The van der Waals surface area contributed by atoms with E-state index < -0.39 is 0 Å². The number of carbonyl (C=O) groups is 1. The topological polar surface area (TPSA) is 74.2 Å². The van der Waals surface area contributed by atoms with Gasteiger partial charge in [-0.05, 0) is 53.9 Å². The average Bonchev–Trinajstić information content (AvgIpc) is 2.99. The third-order valence-corrected chi connectivity index (χ3v) is 7.58. The molecule has 1 aliphatic rings. The number of nitrogens with one attached hydrogen (secondary N) is 1. The number of hydrogen-bond acceptors (Lipinski definition) is 7. The summed E-state index contributed by atoms with van der Waals surface area (Å²) in [6.45, 7) is 5.51. The van der Waals surface area contributed by atoms with Crippen LogP contribution in [-0.2, 0) is 18.7 Å². The predicted molar refractivity (Wildman–Crippen MR) is 154 cm³/mol. The van der Waals surface area contributed by atoms with E-state index >= 15 is 0 Å². The standard InChI is InChI=1S/C30H31FN6OS/c1-2-25-19-28(37-16-14-36(15-17-37)27-9-4-3-8-26(27)31)35-30(34-25)39-21-23-6-5-7-24(18-23)29(38)33-20-22-10-12-32-13-11-22/h3-13,18-19H,2,14-17,20-21H2,1H3,(H,33,38). The van der Waals surface area contributed by atoms with E-state index in [1.54, 1.807) is 30.2 Å². The number of anilines is 2. The van der Waals surface area contributed by atoms with Gasteiger partial charge < -0.3 is 15.1 Å². The first kappa shape index (κ1) is 26.6. The first-order chi connectivity index (χ1) is 19.1. The summed E-state index contributed by atoms with van der Waals surface area (Å²) < 4.78 is 14.2. The minimum Gasteiger partial charge on any atom is -0.366 e. The molecule has 0 radical (unpaired) electrons. The van der Waals surface area contributed by atoms with Crippen LogP contribution in [0.15, 0.2) is 84.3 Å². The summed E-state index contributed by atoms with van der Waals surface area (Å²) in [4.78, 5) is 30.6. The van der Waals surface area contributed by atoms with E-state index in [2.05, 4.69) is 33.1 Å². The second-order valence-corrected chi connectivity index (χ2v) is 10.2. The van der Waals surface area contributed by atoms with Crippen molar-refractivity contribution in [1.29, 1.82) is 0 Å². The van der Waals surface area contributed by atoms with Gasteiger partial charge in [0.05, 0.1) is 5.69 Å². The van der Waals surface area contributed by atoms with Gasteiger partial charge >= 0.3 is 0 Å². The third-order valence-electron chi connectivity index (χ3n) is 6.66. The molecule has 4 aromatic rings.